The van der Waals surface area contributed by atoms with Crippen LogP contribution in [0.15, 0.2) is 46.2 Å². The second-order valence-corrected chi connectivity index (χ2v) is 8.37. The van der Waals surface area contributed by atoms with Gasteiger partial charge >= 0.3 is 0 Å². The van der Waals surface area contributed by atoms with Gasteiger partial charge in [0.15, 0.2) is 0 Å². The fourth-order valence-electron chi connectivity index (χ4n) is 3.37. The highest BCUT2D eigenvalue weighted by atomic mass is 32.2. The molecular weight excluding hydrogens is 374 g/mol. The van der Waals surface area contributed by atoms with Gasteiger partial charge in [-0.25, -0.2) is 9.97 Å². The first kappa shape index (κ1) is 20.1. The molecule has 6 heteroatoms. The maximum Gasteiger partial charge on any atom is 0.225 e. The van der Waals surface area contributed by atoms with Crippen LogP contribution in [-0.4, -0.2) is 17.0 Å². The van der Waals surface area contributed by atoms with Crippen molar-refractivity contribution in [2.24, 2.45) is 0 Å². The molecule has 0 saturated heterocycles. The van der Waals surface area contributed by atoms with Gasteiger partial charge < -0.3 is 4.42 Å². The molecule has 3 aromatic rings. The van der Waals surface area contributed by atoms with Crippen molar-refractivity contribution < 1.29 is 4.42 Å². The highest BCUT2D eigenvalue weighted by Gasteiger charge is 2.20. The first-order valence-corrected chi connectivity index (χ1v) is 11.3. The van der Waals surface area contributed by atoms with E-state index in [1.165, 1.54) is 47.6 Å². The first-order chi connectivity index (χ1) is 13.3. The molecule has 0 amide bonds. The number of nitrogens with zero attached hydrogens (tertiary/aromatic N) is 2. The molecule has 144 valence electrons. The quantitative estimate of drug-likeness (QED) is 0.478. The van der Waals surface area contributed by atoms with Crippen LogP contribution in [0.1, 0.15) is 56.9 Å². The molecule has 2 heterocycles. The van der Waals surface area contributed by atoms with Gasteiger partial charge in [-0.15, -0.1) is 11.3 Å². The van der Waals surface area contributed by atoms with E-state index in [1.54, 1.807) is 24.4 Å². The molecule has 1 aliphatic carbocycles. The van der Waals surface area contributed by atoms with Crippen molar-refractivity contribution in [1.29, 1.82) is 0 Å². The van der Waals surface area contributed by atoms with Gasteiger partial charge in [0.1, 0.15) is 6.26 Å². The third-order valence-electron chi connectivity index (χ3n) is 4.62. The molecule has 0 aliphatic heterocycles. The van der Waals surface area contributed by atoms with E-state index in [0.717, 1.165) is 10.5 Å². The molecule has 27 heavy (non-hydrogen) atoms. The van der Waals surface area contributed by atoms with E-state index in [1.807, 2.05) is 38.4 Å². The Kier molecular flexibility index (Phi) is 7.50. The molecule has 0 atom stereocenters. The molecule has 0 radical (unpaired) electrons. The van der Waals surface area contributed by atoms with E-state index in [9.17, 15) is 0 Å². The Balaban J connectivity index is 0.00000102. The van der Waals surface area contributed by atoms with Crippen LogP contribution in [0.3, 0.4) is 0 Å². The fourth-order valence-corrected chi connectivity index (χ4v) is 5.25. The number of hydrogen-bond donors (Lipinski definition) is 1. The van der Waals surface area contributed by atoms with Crippen molar-refractivity contribution in [3.8, 4) is 21.9 Å². The van der Waals surface area contributed by atoms with Crippen molar-refractivity contribution in [2.45, 2.75) is 56.8 Å². The molecule has 1 fully saturated rings. The third kappa shape index (κ3) is 4.81. The van der Waals surface area contributed by atoms with Gasteiger partial charge in [-0.1, -0.05) is 39.2 Å². The lowest BCUT2D eigenvalue weighted by molar-refractivity contribution is 0.442. The smallest absolute Gasteiger partial charge is 0.225 e. The van der Waals surface area contributed by atoms with Crippen molar-refractivity contribution in [2.75, 3.05) is 7.05 Å². The molecule has 1 aliphatic rings. The monoisotopic (exact) mass is 401 g/mol. The summed E-state index contributed by atoms with van der Waals surface area (Å²) >= 11 is 3.46. The van der Waals surface area contributed by atoms with E-state index >= 15 is 0 Å². The molecule has 4 nitrogen and oxygen atoms in total. The van der Waals surface area contributed by atoms with Crippen LogP contribution in [0.2, 0.25) is 0 Å². The maximum atomic E-state index is 5.43. The Labute approximate surface area is 170 Å². The number of oxazole rings is 1. The van der Waals surface area contributed by atoms with Crippen LogP contribution in [0.4, 0.5) is 0 Å². The van der Waals surface area contributed by atoms with Gasteiger partial charge in [0.25, 0.3) is 0 Å². The Morgan fingerprint density at radius 1 is 1.15 bits per heavy atom. The number of rotatable bonds is 5. The van der Waals surface area contributed by atoms with E-state index in [2.05, 4.69) is 27.9 Å². The predicted octanol–water partition coefficient (Wildman–Crippen LogP) is 6.77. The lowest BCUT2D eigenvalue weighted by Gasteiger charge is -2.18. The molecule has 2 aromatic heterocycles. The van der Waals surface area contributed by atoms with Gasteiger partial charge in [0.05, 0.1) is 16.1 Å². The van der Waals surface area contributed by atoms with Crippen LogP contribution in [-0.2, 0) is 0 Å². The van der Waals surface area contributed by atoms with Gasteiger partial charge in [0.2, 0.25) is 5.89 Å². The standard InChI is InChI=1S/C19H21N3OS2.C2H6/c1-20-25-16-11-14(18-21-9-10-23-18)7-8-15(16)17-12-22-19(24-17)13-5-3-2-4-6-13;1-2/h7-13,20H,2-6H2,1H3;1-2H3. The zero-order valence-electron chi connectivity index (χ0n) is 16.2. The van der Waals surface area contributed by atoms with Gasteiger partial charge in [-0.2, -0.15) is 0 Å². The normalized spacial score (nSPS) is 14.6. The average Bonchev–Trinajstić information content (AvgIpc) is 3.43. The van der Waals surface area contributed by atoms with Crippen molar-refractivity contribution in [1.82, 2.24) is 14.7 Å². The van der Waals surface area contributed by atoms with Crippen molar-refractivity contribution >= 4 is 23.3 Å². The summed E-state index contributed by atoms with van der Waals surface area (Å²) in [5, 5.41) is 1.30. The second kappa shape index (κ2) is 10.1. The predicted molar refractivity (Wildman–Crippen MR) is 115 cm³/mol. The minimum Gasteiger partial charge on any atom is -0.445 e. The second-order valence-electron chi connectivity index (χ2n) is 6.25. The summed E-state index contributed by atoms with van der Waals surface area (Å²) in [5.41, 5.74) is 2.21. The minimum absolute atomic E-state index is 0.650. The zero-order valence-corrected chi connectivity index (χ0v) is 17.8. The number of thiazole rings is 1. The average molecular weight is 402 g/mol. The highest BCUT2D eigenvalue weighted by Crippen LogP contribution is 2.40. The molecule has 0 spiro atoms. The Hall–Kier alpha value is -1.63. The largest absolute Gasteiger partial charge is 0.445 e. The van der Waals surface area contributed by atoms with E-state index in [4.69, 9.17) is 9.40 Å². The number of benzene rings is 1. The Morgan fingerprint density at radius 3 is 2.67 bits per heavy atom. The molecule has 1 saturated carbocycles. The zero-order chi connectivity index (χ0) is 19.1. The van der Waals surface area contributed by atoms with E-state index in [0.29, 0.717) is 11.8 Å². The van der Waals surface area contributed by atoms with Crippen LogP contribution in [0.5, 0.6) is 0 Å². The summed E-state index contributed by atoms with van der Waals surface area (Å²) in [5.74, 6) is 1.30. The minimum atomic E-state index is 0.650. The lowest BCUT2D eigenvalue weighted by Crippen LogP contribution is -2.03. The summed E-state index contributed by atoms with van der Waals surface area (Å²) in [6.07, 6.45) is 11.9. The van der Waals surface area contributed by atoms with Gasteiger partial charge in [-0.05, 0) is 44.0 Å². The van der Waals surface area contributed by atoms with Crippen LogP contribution in [0, 0.1) is 0 Å². The van der Waals surface area contributed by atoms with Gasteiger partial charge in [0, 0.05) is 28.1 Å². The summed E-state index contributed by atoms with van der Waals surface area (Å²) < 4.78 is 8.62. The van der Waals surface area contributed by atoms with E-state index in [-0.39, 0.29) is 0 Å². The maximum absolute atomic E-state index is 5.43. The molecule has 0 bridgehead atoms. The molecule has 1 aromatic carbocycles. The SMILES string of the molecule is CC.CNSc1cc(-c2ncco2)ccc1-c1cnc(C2CCCCC2)s1. The van der Waals surface area contributed by atoms with Crippen molar-refractivity contribution in [3.05, 3.63) is 41.9 Å². The molecule has 0 unspecified atom stereocenters. The lowest BCUT2D eigenvalue weighted by atomic mass is 9.90. The van der Waals surface area contributed by atoms with E-state index < -0.39 is 0 Å². The summed E-state index contributed by atoms with van der Waals surface area (Å²) in [7, 11) is 1.94. The fraction of sp³-hybridized carbons (Fsp3) is 0.429. The Bertz CT molecular complexity index is 824. The Morgan fingerprint density at radius 2 is 1.96 bits per heavy atom. The first-order valence-electron chi connectivity index (χ1n) is 9.69. The van der Waals surface area contributed by atoms with Crippen LogP contribution >= 0.6 is 23.3 Å². The third-order valence-corrected chi connectivity index (χ3v) is 6.57. The summed E-state index contributed by atoms with van der Waals surface area (Å²) in [6, 6.07) is 6.35. The van der Waals surface area contributed by atoms with Crippen LogP contribution in [0.25, 0.3) is 21.9 Å². The van der Waals surface area contributed by atoms with Gasteiger partial charge in [-0.3, -0.25) is 4.72 Å². The molecular formula is C21H27N3OS2. The number of nitrogens with one attached hydrogen (secondary N) is 1. The topological polar surface area (TPSA) is 51.0 Å². The highest BCUT2D eigenvalue weighted by molar-refractivity contribution is 7.97. The number of aromatic nitrogens is 2. The molecule has 1 N–H and O–H groups in total. The van der Waals surface area contributed by atoms with Crippen molar-refractivity contribution in [3.63, 3.8) is 0 Å². The number of hydrogen-bond acceptors (Lipinski definition) is 6. The summed E-state index contributed by atoms with van der Waals surface area (Å²) in [4.78, 5) is 11.4. The summed E-state index contributed by atoms with van der Waals surface area (Å²) in [6.45, 7) is 4.00. The molecule has 4 rings (SSSR count). The van der Waals surface area contributed by atoms with Crippen LogP contribution < -0.4 is 4.72 Å².